The van der Waals surface area contributed by atoms with E-state index in [0.29, 0.717) is 17.7 Å². The number of hydrogen-bond acceptors (Lipinski definition) is 7. The number of benzene rings is 2. The maximum absolute atomic E-state index is 12.8. The van der Waals surface area contributed by atoms with Crippen molar-refractivity contribution in [3.63, 3.8) is 0 Å². The third-order valence-corrected chi connectivity index (χ3v) is 5.90. The standard InChI is InChI=1S/C23H16F3N5O4S/c24-23(25,26)19-12-13-27-22(30-19)31-36(33,34)18-9-7-16(8-10-18)29-21(32)15-6-11-20(28-14-15)35-17-4-2-1-3-5-17/h1-14H,(H,29,32)(H,27,30,31). The molecule has 1 amide bonds. The Morgan fingerprint density at radius 3 is 2.25 bits per heavy atom. The molecular weight excluding hydrogens is 499 g/mol. The van der Waals surface area contributed by atoms with Crippen molar-refractivity contribution in [2.75, 3.05) is 10.0 Å². The van der Waals surface area contributed by atoms with Crippen molar-refractivity contribution in [2.24, 2.45) is 0 Å². The summed E-state index contributed by atoms with van der Waals surface area (Å²) in [5, 5.41) is 2.60. The number of carbonyl (C=O) groups excluding carboxylic acids is 1. The number of carbonyl (C=O) groups is 1. The van der Waals surface area contributed by atoms with Crippen molar-refractivity contribution < 1.29 is 31.1 Å². The van der Waals surface area contributed by atoms with Gasteiger partial charge in [-0.2, -0.15) is 13.2 Å². The van der Waals surface area contributed by atoms with Crippen molar-refractivity contribution >= 4 is 27.6 Å². The van der Waals surface area contributed by atoms with Gasteiger partial charge in [-0.05, 0) is 48.5 Å². The molecule has 2 aromatic heterocycles. The van der Waals surface area contributed by atoms with E-state index in [0.717, 1.165) is 6.20 Å². The highest BCUT2D eigenvalue weighted by Crippen LogP contribution is 2.28. The van der Waals surface area contributed by atoms with E-state index < -0.39 is 33.7 Å². The lowest BCUT2D eigenvalue weighted by atomic mass is 10.2. The molecular formula is C23H16F3N5O4S. The molecule has 2 aromatic carbocycles. The normalized spacial score (nSPS) is 11.5. The average Bonchev–Trinajstić information content (AvgIpc) is 2.85. The van der Waals surface area contributed by atoms with E-state index in [9.17, 15) is 26.4 Å². The maximum Gasteiger partial charge on any atom is 0.433 e. The summed E-state index contributed by atoms with van der Waals surface area (Å²) < 4.78 is 70.8. The van der Waals surface area contributed by atoms with Crippen molar-refractivity contribution in [3.8, 4) is 11.6 Å². The van der Waals surface area contributed by atoms with Crippen LogP contribution < -0.4 is 14.8 Å². The summed E-state index contributed by atoms with van der Waals surface area (Å²) in [6, 6.07) is 17.6. The van der Waals surface area contributed by atoms with Gasteiger partial charge in [-0.25, -0.2) is 28.1 Å². The largest absolute Gasteiger partial charge is 0.439 e. The Kier molecular flexibility index (Phi) is 6.83. The summed E-state index contributed by atoms with van der Waals surface area (Å²) in [4.78, 5) is 23.0. The molecule has 184 valence electrons. The van der Waals surface area contributed by atoms with E-state index in [4.69, 9.17) is 4.74 Å². The molecule has 0 saturated heterocycles. The monoisotopic (exact) mass is 515 g/mol. The number of halogens is 3. The molecule has 2 N–H and O–H groups in total. The molecule has 0 aliphatic carbocycles. The molecule has 0 bridgehead atoms. The molecule has 0 aliphatic heterocycles. The van der Waals surface area contributed by atoms with Crippen LogP contribution in [0.25, 0.3) is 0 Å². The molecule has 0 fully saturated rings. The zero-order valence-electron chi connectivity index (χ0n) is 18.1. The van der Waals surface area contributed by atoms with Crippen LogP contribution >= 0.6 is 0 Å². The number of amides is 1. The number of nitrogens with zero attached hydrogens (tertiary/aromatic N) is 3. The van der Waals surface area contributed by atoms with Gasteiger partial charge in [-0.1, -0.05) is 18.2 Å². The van der Waals surface area contributed by atoms with Gasteiger partial charge in [0.2, 0.25) is 11.8 Å². The third kappa shape index (κ3) is 6.13. The average molecular weight is 515 g/mol. The van der Waals surface area contributed by atoms with Gasteiger partial charge in [0.1, 0.15) is 11.4 Å². The number of alkyl halides is 3. The lowest BCUT2D eigenvalue weighted by Gasteiger charge is -2.10. The molecule has 0 spiro atoms. The molecule has 9 nitrogen and oxygen atoms in total. The number of anilines is 2. The summed E-state index contributed by atoms with van der Waals surface area (Å²) in [6.07, 6.45) is -2.64. The fraction of sp³-hybridized carbons (Fsp3) is 0.0435. The van der Waals surface area contributed by atoms with E-state index in [1.54, 1.807) is 12.1 Å². The number of para-hydroxylation sites is 1. The lowest BCUT2D eigenvalue weighted by molar-refractivity contribution is -0.141. The molecule has 0 unspecified atom stereocenters. The van der Waals surface area contributed by atoms with Crippen LogP contribution in [0.5, 0.6) is 11.6 Å². The second kappa shape index (κ2) is 10.00. The first-order valence-electron chi connectivity index (χ1n) is 10.1. The molecule has 4 aromatic rings. The van der Waals surface area contributed by atoms with Crippen LogP contribution in [-0.4, -0.2) is 29.3 Å². The minimum Gasteiger partial charge on any atom is -0.439 e. The van der Waals surface area contributed by atoms with Crippen LogP contribution in [0.4, 0.5) is 24.8 Å². The smallest absolute Gasteiger partial charge is 0.433 e. The summed E-state index contributed by atoms with van der Waals surface area (Å²) in [7, 11) is -4.28. The van der Waals surface area contributed by atoms with Gasteiger partial charge in [0.25, 0.3) is 15.9 Å². The Labute approximate surface area is 203 Å². The number of pyridine rings is 1. The fourth-order valence-corrected chi connectivity index (χ4v) is 3.80. The predicted octanol–water partition coefficient (Wildman–Crippen LogP) is 4.74. The van der Waals surface area contributed by atoms with Crippen LogP contribution in [0, 0.1) is 0 Å². The van der Waals surface area contributed by atoms with Crippen LogP contribution in [0.3, 0.4) is 0 Å². The molecule has 4 rings (SSSR count). The molecule has 0 radical (unpaired) electrons. The van der Waals surface area contributed by atoms with E-state index >= 15 is 0 Å². The van der Waals surface area contributed by atoms with E-state index in [1.807, 2.05) is 22.9 Å². The van der Waals surface area contributed by atoms with Crippen molar-refractivity contribution in [1.82, 2.24) is 15.0 Å². The molecule has 36 heavy (non-hydrogen) atoms. The Balaban J connectivity index is 1.40. The molecule has 13 heteroatoms. The Bertz CT molecular complexity index is 1460. The molecule has 2 heterocycles. The van der Waals surface area contributed by atoms with E-state index in [2.05, 4.69) is 20.3 Å². The van der Waals surface area contributed by atoms with Crippen LogP contribution in [-0.2, 0) is 16.2 Å². The zero-order chi connectivity index (χ0) is 25.8. The minimum atomic E-state index is -4.76. The summed E-state index contributed by atoms with van der Waals surface area (Å²) in [5.41, 5.74) is -0.781. The predicted molar refractivity (Wildman–Crippen MR) is 123 cm³/mol. The Morgan fingerprint density at radius 1 is 0.889 bits per heavy atom. The van der Waals surface area contributed by atoms with Crippen molar-refractivity contribution in [1.29, 1.82) is 0 Å². The van der Waals surface area contributed by atoms with Gasteiger partial charge in [-0.3, -0.25) is 4.79 Å². The Morgan fingerprint density at radius 2 is 1.61 bits per heavy atom. The first-order chi connectivity index (χ1) is 17.1. The van der Waals surface area contributed by atoms with Gasteiger partial charge >= 0.3 is 6.18 Å². The first kappa shape index (κ1) is 24.6. The SMILES string of the molecule is O=C(Nc1ccc(S(=O)(=O)Nc2nccc(C(F)(F)F)n2)cc1)c1ccc(Oc2ccccc2)nc1. The Hall–Kier alpha value is -4.52. The van der Waals surface area contributed by atoms with Gasteiger partial charge < -0.3 is 10.1 Å². The number of ether oxygens (including phenoxy) is 1. The highest BCUT2D eigenvalue weighted by molar-refractivity contribution is 7.92. The number of nitrogens with one attached hydrogen (secondary N) is 2. The van der Waals surface area contributed by atoms with Gasteiger partial charge in [0, 0.05) is 24.1 Å². The van der Waals surface area contributed by atoms with Gasteiger partial charge in [0.15, 0.2) is 0 Å². The zero-order valence-corrected chi connectivity index (χ0v) is 18.9. The molecule has 0 aliphatic rings. The highest BCUT2D eigenvalue weighted by Gasteiger charge is 2.33. The van der Waals surface area contributed by atoms with Gasteiger partial charge in [-0.15, -0.1) is 0 Å². The van der Waals surface area contributed by atoms with Crippen molar-refractivity contribution in [3.05, 3.63) is 96.4 Å². The number of aromatic nitrogens is 3. The fourth-order valence-electron chi connectivity index (χ4n) is 2.85. The van der Waals surface area contributed by atoms with E-state index in [-0.39, 0.29) is 16.1 Å². The second-order valence-corrected chi connectivity index (χ2v) is 8.83. The van der Waals surface area contributed by atoms with Crippen molar-refractivity contribution in [2.45, 2.75) is 11.1 Å². The second-order valence-electron chi connectivity index (χ2n) is 7.15. The van der Waals surface area contributed by atoms with E-state index in [1.165, 1.54) is 42.6 Å². The summed E-state index contributed by atoms with van der Waals surface area (Å²) in [5.74, 6) is -0.342. The van der Waals surface area contributed by atoms with Gasteiger partial charge in [0.05, 0.1) is 10.5 Å². The molecule has 0 saturated carbocycles. The van der Waals surface area contributed by atoms with Crippen LogP contribution in [0.1, 0.15) is 16.1 Å². The minimum absolute atomic E-state index is 0.232. The summed E-state index contributed by atoms with van der Waals surface area (Å²) >= 11 is 0. The third-order valence-electron chi connectivity index (χ3n) is 4.56. The van der Waals surface area contributed by atoms with Crippen LogP contribution in [0.15, 0.2) is 90.1 Å². The summed E-state index contributed by atoms with van der Waals surface area (Å²) in [6.45, 7) is 0. The maximum atomic E-state index is 12.8. The number of hydrogen-bond donors (Lipinski definition) is 2. The quantitative estimate of drug-likeness (QED) is 0.365. The topological polar surface area (TPSA) is 123 Å². The van der Waals surface area contributed by atoms with Crippen LogP contribution in [0.2, 0.25) is 0 Å². The number of sulfonamides is 1. The number of rotatable bonds is 7. The highest BCUT2D eigenvalue weighted by atomic mass is 32.2. The first-order valence-corrected chi connectivity index (χ1v) is 11.6. The molecule has 0 atom stereocenters. The lowest BCUT2D eigenvalue weighted by Crippen LogP contribution is -2.17.